The highest BCUT2D eigenvalue weighted by Crippen LogP contribution is 2.42. The number of anilines is 1. The summed E-state index contributed by atoms with van der Waals surface area (Å²) >= 11 is 0. The third-order valence-electron chi connectivity index (χ3n) is 4.77. The van der Waals surface area contributed by atoms with Gasteiger partial charge in [-0.25, -0.2) is 24.9 Å². The molecule has 3 heterocycles. The van der Waals surface area contributed by atoms with Crippen molar-refractivity contribution in [1.82, 2.24) is 24.9 Å². The molecule has 0 amide bonds. The Morgan fingerprint density at radius 1 is 0.882 bits per heavy atom. The average molecular weight is 472 g/mol. The van der Waals surface area contributed by atoms with E-state index in [0.29, 0.717) is 29.9 Å². The first-order chi connectivity index (χ1) is 16.4. The van der Waals surface area contributed by atoms with Crippen molar-refractivity contribution in [3.8, 4) is 23.1 Å². The van der Waals surface area contributed by atoms with Crippen LogP contribution >= 0.6 is 0 Å². The van der Waals surface area contributed by atoms with Gasteiger partial charge in [0.2, 0.25) is 11.6 Å². The molecule has 12 heteroatoms. The molecule has 0 aliphatic carbocycles. The number of pyridine rings is 1. The van der Waals surface area contributed by atoms with E-state index in [1.54, 1.807) is 24.5 Å². The summed E-state index contributed by atoms with van der Waals surface area (Å²) in [5, 5.41) is 3.20. The van der Waals surface area contributed by atoms with Gasteiger partial charge in [-0.05, 0) is 30.2 Å². The molecule has 1 N–H and O–H groups in total. The van der Waals surface area contributed by atoms with Gasteiger partial charge in [0.15, 0.2) is 23.0 Å². The molecule has 0 fully saturated rings. The van der Waals surface area contributed by atoms with E-state index in [9.17, 15) is 13.2 Å². The number of fused-ring (bicyclic) bond motifs is 1. The molecule has 0 spiro atoms. The lowest BCUT2D eigenvalue weighted by Gasteiger charge is -2.16. The number of halogens is 3. The number of nitrogens with zero attached hydrogens (tertiary/aromatic N) is 5. The van der Waals surface area contributed by atoms with Gasteiger partial charge in [-0.15, -0.1) is 0 Å². The number of rotatable bonds is 8. The van der Waals surface area contributed by atoms with E-state index in [1.165, 1.54) is 20.5 Å². The lowest BCUT2D eigenvalue weighted by Crippen LogP contribution is -2.08. The zero-order valence-electron chi connectivity index (χ0n) is 18.1. The highest BCUT2D eigenvalue weighted by molar-refractivity contribution is 5.81. The number of alkyl halides is 3. The second kappa shape index (κ2) is 9.73. The highest BCUT2D eigenvalue weighted by Gasteiger charge is 2.31. The van der Waals surface area contributed by atoms with Crippen LogP contribution < -0.4 is 19.5 Å². The average Bonchev–Trinajstić information content (AvgIpc) is 2.84. The molecule has 1 aromatic carbocycles. The van der Waals surface area contributed by atoms with Crippen molar-refractivity contribution in [3.05, 3.63) is 60.3 Å². The predicted molar refractivity (Wildman–Crippen MR) is 116 cm³/mol. The quantitative estimate of drug-likeness (QED) is 0.402. The number of hydrogen-bond acceptors (Lipinski definition) is 9. The second-order valence-electron chi connectivity index (χ2n) is 6.94. The van der Waals surface area contributed by atoms with Gasteiger partial charge >= 0.3 is 6.18 Å². The monoisotopic (exact) mass is 472 g/mol. The van der Waals surface area contributed by atoms with Crippen LogP contribution in [0.4, 0.5) is 19.0 Å². The maximum absolute atomic E-state index is 13.0. The Labute approximate surface area is 192 Å². The predicted octanol–water partition coefficient (Wildman–Crippen LogP) is 4.30. The first-order valence-corrected chi connectivity index (χ1v) is 10.0. The van der Waals surface area contributed by atoms with E-state index >= 15 is 0 Å². The standard InChI is InChI=1S/C22H19F3N6O3/c1-32-15-9-13(3-5-28-20-18-21(31-12-30-20)29-8-7-27-18)10-16(33-2)19(15)34-17-11-14(4-6-26-17)22(23,24)25/h4,6-12H,3,5H2,1-2H3,(H,28,29,30,31). The molecule has 9 nitrogen and oxygen atoms in total. The zero-order valence-corrected chi connectivity index (χ0v) is 18.1. The van der Waals surface area contributed by atoms with Crippen LogP contribution in [-0.4, -0.2) is 45.7 Å². The van der Waals surface area contributed by atoms with Crippen LogP contribution in [0.15, 0.2) is 49.2 Å². The minimum Gasteiger partial charge on any atom is -0.493 e. The summed E-state index contributed by atoms with van der Waals surface area (Å²) in [5.41, 5.74) is 0.987. The second-order valence-corrected chi connectivity index (χ2v) is 6.94. The molecule has 0 aliphatic rings. The zero-order chi connectivity index (χ0) is 24.1. The maximum atomic E-state index is 13.0. The lowest BCUT2D eigenvalue weighted by atomic mass is 10.1. The summed E-state index contributed by atoms with van der Waals surface area (Å²) in [6, 6.07) is 5.10. The van der Waals surface area contributed by atoms with Gasteiger partial charge in [0.05, 0.1) is 19.8 Å². The third kappa shape index (κ3) is 5.05. The Morgan fingerprint density at radius 3 is 2.32 bits per heavy atom. The molecule has 176 valence electrons. The number of hydrogen-bond donors (Lipinski definition) is 1. The van der Waals surface area contributed by atoms with Crippen molar-refractivity contribution >= 4 is 17.0 Å². The molecule has 0 saturated heterocycles. The topological polar surface area (TPSA) is 104 Å². The van der Waals surface area contributed by atoms with Gasteiger partial charge in [0, 0.05) is 31.2 Å². The van der Waals surface area contributed by atoms with Crippen molar-refractivity contribution in [2.24, 2.45) is 0 Å². The highest BCUT2D eigenvalue weighted by atomic mass is 19.4. The Morgan fingerprint density at radius 2 is 1.62 bits per heavy atom. The summed E-state index contributed by atoms with van der Waals surface area (Å²) < 4.78 is 55.5. The number of nitrogens with one attached hydrogen (secondary N) is 1. The van der Waals surface area contributed by atoms with Crippen molar-refractivity contribution in [2.75, 3.05) is 26.1 Å². The summed E-state index contributed by atoms with van der Waals surface area (Å²) in [7, 11) is 2.85. The fourth-order valence-corrected chi connectivity index (χ4v) is 3.17. The van der Waals surface area contributed by atoms with Crippen LogP contribution in [-0.2, 0) is 12.6 Å². The molecule has 0 radical (unpaired) electrons. The lowest BCUT2D eigenvalue weighted by molar-refractivity contribution is -0.137. The molecule has 0 aliphatic heterocycles. The van der Waals surface area contributed by atoms with E-state index in [1.807, 2.05) is 0 Å². The first kappa shape index (κ1) is 23.0. The maximum Gasteiger partial charge on any atom is 0.416 e. The van der Waals surface area contributed by atoms with E-state index in [-0.39, 0.29) is 23.1 Å². The number of benzene rings is 1. The third-order valence-corrected chi connectivity index (χ3v) is 4.77. The van der Waals surface area contributed by atoms with Crippen LogP contribution in [0.3, 0.4) is 0 Å². The number of methoxy groups -OCH3 is 2. The number of aromatic nitrogens is 5. The molecule has 4 aromatic rings. The molecular formula is C22H19F3N6O3. The molecule has 3 aromatic heterocycles. The molecule has 34 heavy (non-hydrogen) atoms. The number of ether oxygens (including phenoxy) is 3. The summed E-state index contributed by atoms with van der Waals surface area (Å²) in [4.78, 5) is 20.5. The Bertz CT molecular complexity index is 1270. The molecule has 0 unspecified atom stereocenters. The van der Waals surface area contributed by atoms with Gasteiger partial charge in [0.25, 0.3) is 0 Å². The van der Waals surface area contributed by atoms with Gasteiger partial charge in [0.1, 0.15) is 11.8 Å². The minimum atomic E-state index is -4.52. The van der Waals surface area contributed by atoms with E-state index < -0.39 is 11.7 Å². The van der Waals surface area contributed by atoms with Crippen molar-refractivity contribution in [2.45, 2.75) is 12.6 Å². The van der Waals surface area contributed by atoms with Crippen LogP contribution in [0.5, 0.6) is 23.1 Å². The van der Waals surface area contributed by atoms with Crippen LogP contribution in [0.1, 0.15) is 11.1 Å². The van der Waals surface area contributed by atoms with Gasteiger partial charge in [-0.1, -0.05) is 0 Å². The van der Waals surface area contributed by atoms with E-state index in [4.69, 9.17) is 14.2 Å². The van der Waals surface area contributed by atoms with E-state index in [2.05, 4.69) is 30.2 Å². The Hall–Kier alpha value is -4.22. The van der Waals surface area contributed by atoms with Gasteiger partial charge in [-0.2, -0.15) is 13.2 Å². The summed E-state index contributed by atoms with van der Waals surface area (Å²) in [6.07, 6.45) is 1.56. The molecule has 4 rings (SSSR count). The van der Waals surface area contributed by atoms with E-state index in [0.717, 1.165) is 23.9 Å². The SMILES string of the molecule is COc1cc(CCNc2ncnc3nccnc23)cc(OC)c1Oc1cc(C(F)(F)F)ccn1. The molecule has 0 saturated carbocycles. The van der Waals surface area contributed by atoms with Crippen molar-refractivity contribution in [3.63, 3.8) is 0 Å². The smallest absolute Gasteiger partial charge is 0.416 e. The summed E-state index contributed by atoms with van der Waals surface area (Å²) in [5.74, 6) is 0.995. The fraction of sp³-hybridized carbons (Fsp3) is 0.227. The molecule has 0 bridgehead atoms. The van der Waals surface area contributed by atoms with Crippen LogP contribution in [0.2, 0.25) is 0 Å². The van der Waals surface area contributed by atoms with Gasteiger partial charge in [-0.3, -0.25) is 0 Å². The van der Waals surface area contributed by atoms with Crippen molar-refractivity contribution in [1.29, 1.82) is 0 Å². The molecular weight excluding hydrogens is 453 g/mol. The van der Waals surface area contributed by atoms with Gasteiger partial charge < -0.3 is 19.5 Å². The Kier molecular flexibility index (Phi) is 6.57. The fourth-order valence-electron chi connectivity index (χ4n) is 3.17. The van der Waals surface area contributed by atoms with Crippen LogP contribution in [0, 0.1) is 0 Å². The first-order valence-electron chi connectivity index (χ1n) is 10.0. The largest absolute Gasteiger partial charge is 0.493 e. The summed E-state index contributed by atoms with van der Waals surface area (Å²) in [6.45, 7) is 0.490. The van der Waals surface area contributed by atoms with Crippen molar-refractivity contribution < 1.29 is 27.4 Å². The van der Waals surface area contributed by atoms with Crippen LogP contribution in [0.25, 0.3) is 11.2 Å². The minimum absolute atomic E-state index is 0.116. The Balaban J connectivity index is 1.53. The normalized spacial score (nSPS) is 11.3. The molecule has 0 atom stereocenters.